The lowest BCUT2D eigenvalue weighted by molar-refractivity contribution is -0.152. The van der Waals surface area contributed by atoms with Gasteiger partial charge in [-0.25, -0.2) is 9.59 Å². The first-order valence-electron chi connectivity index (χ1n) is 9.00. The molecule has 146 valence electrons. The zero-order chi connectivity index (χ0) is 19.9. The van der Waals surface area contributed by atoms with Crippen molar-refractivity contribution in [3.05, 3.63) is 60.7 Å². The van der Waals surface area contributed by atoms with Gasteiger partial charge in [0.25, 0.3) is 0 Å². The lowest BCUT2D eigenvalue weighted by Gasteiger charge is -2.36. The van der Waals surface area contributed by atoms with Crippen LogP contribution in [-0.2, 0) is 14.3 Å². The van der Waals surface area contributed by atoms with Gasteiger partial charge in [0.2, 0.25) is 0 Å². The fourth-order valence-corrected chi connectivity index (χ4v) is 3.04. The van der Waals surface area contributed by atoms with E-state index >= 15 is 0 Å². The van der Waals surface area contributed by atoms with E-state index in [0.29, 0.717) is 24.3 Å². The van der Waals surface area contributed by atoms with Gasteiger partial charge in [-0.15, -0.1) is 0 Å². The largest absolute Gasteiger partial charge is 0.461 e. The lowest BCUT2D eigenvalue weighted by atomic mass is 10.0. The van der Waals surface area contributed by atoms with Gasteiger partial charge in [-0.1, -0.05) is 36.4 Å². The number of benzene rings is 2. The maximum Gasteiger partial charge on any atom is 0.416 e. The number of ether oxygens (including phenoxy) is 3. The van der Waals surface area contributed by atoms with Crippen molar-refractivity contribution >= 4 is 18.0 Å². The molecule has 0 aromatic heterocycles. The molecule has 1 amide bonds. The SMILES string of the molecule is CC(=O)O[C@@H]1CC[C@@H](C(=O)Oc2ccccc2)N(C(=O)Oc2ccccc2)C1. The summed E-state index contributed by atoms with van der Waals surface area (Å²) in [5.41, 5.74) is 0. The van der Waals surface area contributed by atoms with E-state index < -0.39 is 30.2 Å². The fourth-order valence-electron chi connectivity index (χ4n) is 3.04. The van der Waals surface area contributed by atoms with Gasteiger partial charge < -0.3 is 14.2 Å². The van der Waals surface area contributed by atoms with Gasteiger partial charge in [0, 0.05) is 6.92 Å². The van der Waals surface area contributed by atoms with Crippen LogP contribution in [0, 0.1) is 0 Å². The number of nitrogens with zero attached hydrogens (tertiary/aromatic N) is 1. The molecule has 0 aliphatic carbocycles. The molecule has 0 N–H and O–H groups in total. The molecule has 2 atom stereocenters. The molecule has 0 saturated carbocycles. The first kappa shape index (κ1) is 19.4. The van der Waals surface area contributed by atoms with E-state index in [2.05, 4.69) is 0 Å². The Labute approximate surface area is 162 Å². The zero-order valence-corrected chi connectivity index (χ0v) is 15.4. The number of hydrogen-bond acceptors (Lipinski definition) is 6. The number of hydrogen-bond donors (Lipinski definition) is 0. The molecular weight excluding hydrogens is 362 g/mol. The Morgan fingerprint density at radius 3 is 2.00 bits per heavy atom. The molecule has 2 aromatic rings. The van der Waals surface area contributed by atoms with Crippen LogP contribution in [0.4, 0.5) is 4.79 Å². The van der Waals surface area contributed by atoms with Crippen molar-refractivity contribution in [1.29, 1.82) is 0 Å². The molecule has 0 bridgehead atoms. The van der Waals surface area contributed by atoms with Crippen LogP contribution in [0.15, 0.2) is 60.7 Å². The maximum absolute atomic E-state index is 12.7. The molecule has 7 heteroatoms. The van der Waals surface area contributed by atoms with Gasteiger partial charge in [0.05, 0.1) is 6.54 Å². The molecule has 1 heterocycles. The minimum Gasteiger partial charge on any atom is -0.461 e. The summed E-state index contributed by atoms with van der Waals surface area (Å²) >= 11 is 0. The third kappa shape index (κ3) is 5.09. The molecule has 1 aliphatic rings. The normalized spacial score (nSPS) is 18.8. The van der Waals surface area contributed by atoms with Gasteiger partial charge in [-0.2, -0.15) is 0 Å². The number of amides is 1. The third-order valence-corrected chi connectivity index (χ3v) is 4.29. The van der Waals surface area contributed by atoms with Gasteiger partial charge in [-0.05, 0) is 37.1 Å². The van der Waals surface area contributed by atoms with E-state index in [1.807, 2.05) is 6.07 Å². The summed E-state index contributed by atoms with van der Waals surface area (Å²) in [6, 6.07) is 16.4. The topological polar surface area (TPSA) is 82.1 Å². The molecule has 1 aliphatic heterocycles. The second-order valence-electron chi connectivity index (χ2n) is 6.39. The standard InChI is InChI=1S/C21H21NO6/c1-15(23)26-18-12-13-19(20(24)27-16-8-4-2-5-9-16)22(14-18)21(25)28-17-10-6-3-7-11-17/h2-11,18-19H,12-14H2,1H3/t18-,19+/m1/s1. The quantitative estimate of drug-likeness (QED) is 0.596. The van der Waals surface area contributed by atoms with Crippen molar-refractivity contribution in [3.63, 3.8) is 0 Å². The molecule has 2 aromatic carbocycles. The average Bonchev–Trinajstić information content (AvgIpc) is 2.69. The summed E-state index contributed by atoms with van der Waals surface area (Å²) in [6.07, 6.45) is -0.448. The number of piperidine rings is 1. The fraction of sp³-hybridized carbons (Fsp3) is 0.286. The van der Waals surface area contributed by atoms with E-state index in [-0.39, 0.29) is 6.54 Å². The Hall–Kier alpha value is -3.35. The number of carbonyl (C=O) groups is 3. The van der Waals surface area contributed by atoms with Gasteiger partial charge in [-0.3, -0.25) is 9.69 Å². The van der Waals surface area contributed by atoms with Crippen LogP contribution in [0.5, 0.6) is 11.5 Å². The second kappa shape index (κ2) is 9.03. The van der Waals surface area contributed by atoms with Crippen LogP contribution >= 0.6 is 0 Å². The van der Waals surface area contributed by atoms with Gasteiger partial charge >= 0.3 is 18.0 Å². The smallest absolute Gasteiger partial charge is 0.416 e. The summed E-state index contributed by atoms with van der Waals surface area (Å²) in [4.78, 5) is 38.0. The molecule has 0 radical (unpaired) electrons. The number of likely N-dealkylation sites (tertiary alicyclic amines) is 1. The van der Waals surface area contributed by atoms with E-state index in [4.69, 9.17) is 14.2 Å². The summed E-state index contributed by atoms with van der Waals surface area (Å²) in [5, 5.41) is 0. The minimum absolute atomic E-state index is 0.0554. The van der Waals surface area contributed by atoms with Crippen molar-refractivity contribution in [1.82, 2.24) is 4.90 Å². The van der Waals surface area contributed by atoms with E-state index in [9.17, 15) is 14.4 Å². The highest BCUT2D eigenvalue weighted by Gasteiger charge is 2.39. The highest BCUT2D eigenvalue weighted by atomic mass is 16.6. The van der Waals surface area contributed by atoms with Crippen molar-refractivity contribution in [3.8, 4) is 11.5 Å². The monoisotopic (exact) mass is 383 g/mol. The Morgan fingerprint density at radius 2 is 1.43 bits per heavy atom. The summed E-state index contributed by atoms with van der Waals surface area (Å²) in [6.45, 7) is 1.36. The number of carbonyl (C=O) groups excluding carboxylic acids is 3. The average molecular weight is 383 g/mol. The Kier molecular flexibility index (Phi) is 6.26. The van der Waals surface area contributed by atoms with Crippen LogP contribution in [0.1, 0.15) is 19.8 Å². The number of esters is 2. The number of para-hydroxylation sites is 2. The zero-order valence-electron chi connectivity index (χ0n) is 15.4. The highest BCUT2D eigenvalue weighted by Crippen LogP contribution is 2.24. The number of rotatable bonds is 4. The molecule has 7 nitrogen and oxygen atoms in total. The predicted octanol–water partition coefficient (Wildman–Crippen LogP) is 3.19. The molecule has 28 heavy (non-hydrogen) atoms. The Bertz CT molecular complexity index is 823. The Morgan fingerprint density at radius 1 is 0.857 bits per heavy atom. The summed E-state index contributed by atoms with van der Waals surface area (Å²) < 4.78 is 16.0. The summed E-state index contributed by atoms with van der Waals surface area (Å²) in [7, 11) is 0. The molecule has 3 rings (SSSR count). The van der Waals surface area contributed by atoms with E-state index in [1.54, 1.807) is 54.6 Å². The second-order valence-corrected chi connectivity index (χ2v) is 6.39. The van der Waals surface area contributed by atoms with Gasteiger partial charge in [0.15, 0.2) is 0 Å². The van der Waals surface area contributed by atoms with Crippen LogP contribution in [-0.4, -0.2) is 41.6 Å². The van der Waals surface area contributed by atoms with Crippen molar-refractivity contribution in [2.24, 2.45) is 0 Å². The minimum atomic E-state index is -0.830. The van der Waals surface area contributed by atoms with Crippen molar-refractivity contribution < 1.29 is 28.6 Å². The third-order valence-electron chi connectivity index (χ3n) is 4.29. The molecule has 1 fully saturated rings. The first-order valence-corrected chi connectivity index (χ1v) is 9.00. The van der Waals surface area contributed by atoms with Crippen molar-refractivity contribution in [2.75, 3.05) is 6.54 Å². The molecule has 0 spiro atoms. The van der Waals surface area contributed by atoms with Crippen LogP contribution in [0.2, 0.25) is 0 Å². The van der Waals surface area contributed by atoms with Crippen LogP contribution in [0.3, 0.4) is 0 Å². The van der Waals surface area contributed by atoms with E-state index in [1.165, 1.54) is 11.8 Å². The first-order chi connectivity index (χ1) is 13.5. The maximum atomic E-state index is 12.7. The highest BCUT2D eigenvalue weighted by molar-refractivity contribution is 5.84. The molecule has 0 unspecified atom stereocenters. The lowest BCUT2D eigenvalue weighted by Crippen LogP contribution is -2.54. The Balaban J connectivity index is 1.75. The summed E-state index contributed by atoms with van der Waals surface area (Å²) in [5.74, 6) is -0.243. The molecular formula is C21H21NO6. The van der Waals surface area contributed by atoms with E-state index in [0.717, 1.165) is 0 Å². The van der Waals surface area contributed by atoms with Gasteiger partial charge in [0.1, 0.15) is 23.6 Å². The predicted molar refractivity (Wildman–Crippen MR) is 99.8 cm³/mol. The van der Waals surface area contributed by atoms with Crippen LogP contribution in [0.25, 0.3) is 0 Å². The molecule has 1 saturated heterocycles. The van der Waals surface area contributed by atoms with Crippen LogP contribution < -0.4 is 9.47 Å². The van der Waals surface area contributed by atoms with Crippen molar-refractivity contribution in [2.45, 2.75) is 31.9 Å².